The number of hydrogen-bond acceptors (Lipinski definition) is 1. The van der Waals surface area contributed by atoms with E-state index in [0.717, 1.165) is 0 Å². The standard InChI is InChI=1S/C2HCl3FN/c3-2(4,5)1(6)7/h7H. The molecule has 0 saturated heterocycles. The van der Waals surface area contributed by atoms with Gasteiger partial charge in [0.2, 0.25) is 5.97 Å². The lowest BCUT2D eigenvalue weighted by Crippen LogP contribution is -2.11. The predicted molar refractivity (Wildman–Crippen MR) is 29.1 cm³/mol. The third kappa shape index (κ3) is 3.09. The first-order valence-corrected chi connectivity index (χ1v) is 2.39. The lowest BCUT2D eigenvalue weighted by molar-refractivity contribution is 0.775. The molecule has 0 amide bonds. The van der Waals surface area contributed by atoms with Crippen molar-refractivity contribution in [2.75, 3.05) is 0 Å². The topological polar surface area (TPSA) is 23.9 Å². The van der Waals surface area contributed by atoms with Crippen LogP contribution in [-0.4, -0.2) is 9.76 Å². The van der Waals surface area contributed by atoms with Crippen molar-refractivity contribution in [3.05, 3.63) is 0 Å². The summed E-state index contributed by atoms with van der Waals surface area (Å²) >= 11 is 14.4. The monoisotopic (exact) mass is 163 g/mol. The molecule has 0 unspecified atom stereocenters. The molecular weight excluding hydrogens is 163 g/mol. The minimum Gasteiger partial charge on any atom is -0.274 e. The highest BCUT2D eigenvalue weighted by Crippen LogP contribution is 2.27. The van der Waals surface area contributed by atoms with Gasteiger partial charge in [0.1, 0.15) is 0 Å². The second-order valence-electron chi connectivity index (χ2n) is 0.812. The lowest BCUT2D eigenvalue weighted by Gasteiger charge is -2.01. The number of hydrogen-bond donors (Lipinski definition) is 1. The Morgan fingerprint density at radius 1 is 1.43 bits per heavy atom. The molecule has 0 aliphatic rings. The number of alkyl halides is 3. The molecule has 0 aromatic carbocycles. The van der Waals surface area contributed by atoms with Crippen molar-refractivity contribution in [3.63, 3.8) is 0 Å². The Kier molecular flexibility index (Phi) is 2.30. The summed E-state index contributed by atoms with van der Waals surface area (Å²) in [6.07, 6.45) is 0. The van der Waals surface area contributed by atoms with E-state index < -0.39 is 9.76 Å². The van der Waals surface area contributed by atoms with E-state index in [1.807, 2.05) is 0 Å². The maximum absolute atomic E-state index is 11.4. The zero-order chi connectivity index (χ0) is 6.08. The van der Waals surface area contributed by atoms with Gasteiger partial charge >= 0.3 is 0 Å². The molecule has 42 valence electrons. The first kappa shape index (κ1) is 7.47. The fourth-order valence-corrected chi connectivity index (χ4v) is 0. The summed E-state index contributed by atoms with van der Waals surface area (Å²) < 4.78 is 9.23. The molecule has 5 heteroatoms. The molecule has 0 radical (unpaired) electrons. The van der Waals surface area contributed by atoms with Crippen molar-refractivity contribution >= 4 is 40.8 Å². The quantitative estimate of drug-likeness (QED) is 0.420. The van der Waals surface area contributed by atoms with Crippen LogP contribution in [0.25, 0.3) is 0 Å². The Morgan fingerprint density at radius 3 is 1.57 bits per heavy atom. The number of rotatable bonds is 0. The second-order valence-corrected chi connectivity index (χ2v) is 3.09. The largest absolute Gasteiger partial charge is 0.274 e. The molecule has 0 aromatic heterocycles. The summed E-state index contributed by atoms with van der Waals surface area (Å²) in [7, 11) is 0. The van der Waals surface area contributed by atoms with Crippen molar-refractivity contribution in [1.82, 2.24) is 0 Å². The van der Waals surface area contributed by atoms with Crippen LogP contribution in [0.3, 0.4) is 0 Å². The van der Waals surface area contributed by atoms with Crippen molar-refractivity contribution in [1.29, 1.82) is 5.41 Å². The SMILES string of the molecule is N=C(F)C(Cl)(Cl)Cl. The van der Waals surface area contributed by atoms with Gasteiger partial charge in [0.05, 0.1) is 0 Å². The van der Waals surface area contributed by atoms with Crippen LogP contribution >= 0.6 is 34.8 Å². The van der Waals surface area contributed by atoms with Crippen LogP contribution < -0.4 is 0 Å². The van der Waals surface area contributed by atoms with Crippen LogP contribution in [0.1, 0.15) is 0 Å². The summed E-state index contributed by atoms with van der Waals surface area (Å²) in [5.41, 5.74) is 0. The highest BCUT2D eigenvalue weighted by molar-refractivity contribution is 6.75. The first-order valence-electron chi connectivity index (χ1n) is 1.26. The zero-order valence-electron chi connectivity index (χ0n) is 3.01. The Bertz CT molecular complexity index is 85.4. The lowest BCUT2D eigenvalue weighted by atomic mass is 10.8. The molecular formula is C2HCl3FN. The van der Waals surface area contributed by atoms with Crippen LogP contribution in [0.15, 0.2) is 0 Å². The van der Waals surface area contributed by atoms with Crippen LogP contribution in [0, 0.1) is 5.41 Å². The summed E-state index contributed by atoms with van der Waals surface area (Å²) in [6.45, 7) is 0. The van der Waals surface area contributed by atoms with Crippen LogP contribution in [-0.2, 0) is 0 Å². The van der Waals surface area contributed by atoms with Gasteiger partial charge in [-0.15, -0.1) is 0 Å². The zero-order valence-corrected chi connectivity index (χ0v) is 5.28. The summed E-state index contributed by atoms with van der Waals surface area (Å²) in [6, 6.07) is 0. The molecule has 0 spiro atoms. The van der Waals surface area contributed by atoms with Gasteiger partial charge in [0.15, 0.2) is 0 Å². The average Bonchev–Trinajstić information content (AvgIpc) is 1.31. The predicted octanol–water partition coefficient (Wildman–Crippen LogP) is 2.30. The van der Waals surface area contributed by atoms with E-state index in [9.17, 15) is 4.39 Å². The smallest absolute Gasteiger partial charge is 0.259 e. The van der Waals surface area contributed by atoms with Crippen LogP contribution in [0.4, 0.5) is 4.39 Å². The van der Waals surface area contributed by atoms with Gasteiger partial charge in [-0.2, -0.15) is 4.39 Å². The summed E-state index contributed by atoms with van der Waals surface area (Å²) in [4.78, 5) is 0. The fraction of sp³-hybridized carbons (Fsp3) is 0.500. The third-order valence-corrected chi connectivity index (χ3v) is 0.747. The van der Waals surface area contributed by atoms with Crippen LogP contribution in [0.5, 0.6) is 0 Å². The van der Waals surface area contributed by atoms with Gasteiger partial charge in [-0.1, -0.05) is 34.8 Å². The van der Waals surface area contributed by atoms with E-state index in [0.29, 0.717) is 0 Å². The maximum atomic E-state index is 11.4. The minimum atomic E-state index is -2.17. The van der Waals surface area contributed by atoms with Gasteiger partial charge < -0.3 is 0 Å². The molecule has 0 aliphatic carbocycles. The van der Waals surface area contributed by atoms with E-state index in [1.54, 1.807) is 0 Å². The van der Waals surface area contributed by atoms with E-state index in [4.69, 9.17) is 40.2 Å². The maximum Gasteiger partial charge on any atom is 0.259 e. The molecule has 0 saturated carbocycles. The van der Waals surface area contributed by atoms with E-state index >= 15 is 0 Å². The second kappa shape index (κ2) is 2.16. The van der Waals surface area contributed by atoms with Gasteiger partial charge in [-0.3, -0.25) is 5.41 Å². The molecule has 0 aliphatic heterocycles. The number of nitrogens with one attached hydrogen (secondary N) is 1. The first-order chi connectivity index (χ1) is 2.94. The van der Waals surface area contributed by atoms with Crippen LogP contribution in [0.2, 0.25) is 0 Å². The molecule has 0 fully saturated rings. The van der Waals surface area contributed by atoms with Crippen molar-refractivity contribution in [2.24, 2.45) is 0 Å². The molecule has 7 heavy (non-hydrogen) atoms. The average molecular weight is 164 g/mol. The number of halogens is 4. The fourth-order valence-electron chi connectivity index (χ4n) is 0. The van der Waals surface area contributed by atoms with Gasteiger partial charge in [0.25, 0.3) is 3.79 Å². The summed E-state index contributed by atoms with van der Waals surface area (Å²) in [5, 5.41) is 6.08. The summed E-state index contributed by atoms with van der Waals surface area (Å²) in [5.74, 6) is -1.46. The molecule has 0 heterocycles. The molecule has 0 aromatic rings. The molecule has 0 rings (SSSR count). The molecule has 1 nitrogen and oxygen atoms in total. The Hall–Kier alpha value is 0.470. The van der Waals surface area contributed by atoms with E-state index in [2.05, 4.69) is 0 Å². The Balaban J connectivity index is 3.79. The highest BCUT2D eigenvalue weighted by Gasteiger charge is 2.26. The molecule has 1 N–H and O–H groups in total. The highest BCUT2D eigenvalue weighted by atomic mass is 35.6. The van der Waals surface area contributed by atoms with E-state index in [-0.39, 0.29) is 0 Å². The normalized spacial score (nSPS) is 11.4. The van der Waals surface area contributed by atoms with E-state index in [1.165, 1.54) is 0 Å². The molecule has 0 bridgehead atoms. The van der Waals surface area contributed by atoms with Crippen molar-refractivity contribution < 1.29 is 4.39 Å². The third-order valence-electron chi connectivity index (χ3n) is 0.249. The molecule has 0 atom stereocenters. The van der Waals surface area contributed by atoms with Gasteiger partial charge in [0, 0.05) is 0 Å². The minimum absolute atomic E-state index is 1.46. The van der Waals surface area contributed by atoms with Gasteiger partial charge in [-0.25, -0.2) is 0 Å². The van der Waals surface area contributed by atoms with Crippen molar-refractivity contribution in [2.45, 2.75) is 3.79 Å². The Morgan fingerprint density at radius 2 is 1.57 bits per heavy atom. The van der Waals surface area contributed by atoms with Gasteiger partial charge in [-0.05, 0) is 0 Å². The Labute approximate surface area is 54.9 Å². The van der Waals surface area contributed by atoms with Crippen molar-refractivity contribution in [3.8, 4) is 0 Å².